The number of hydrogen-bond acceptors (Lipinski definition) is 4. The van der Waals surface area contributed by atoms with Gasteiger partial charge in [-0.15, -0.1) is 0 Å². The van der Waals surface area contributed by atoms with Gasteiger partial charge in [-0.05, 0) is 50.9 Å². The van der Waals surface area contributed by atoms with Crippen molar-refractivity contribution in [3.05, 3.63) is 41.5 Å². The van der Waals surface area contributed by atoms with Gasteiger partial charge in [-0.2, -0.15) is 0 Å². The van der Waals surface area contributed by atoms with Crippen LogP contribution in [0.2, 0.25) is 0 Å². The number of hydrogen-bond donors (Lipinski definition) is 1. The standard InChI is InChI=1S/C22H25N3O2/c1-23-19-10-9-18-20-16(19)7-4-8-17(20)21(26)25(22(18)27)15-11-13-5-3-6-14(12-15)24(13)2/h4,7-10,13-15,23H,3,5-6,11-12H2,1-2H3/t13-,14+,15?. The van der Waals surface area contributed by atoms with Gasteiger partial charge in [-0.3, -0.25) is 14.5 Å². The Hall–Kier alpha value is -2.40. The molecule has 3 aliphatic heterocycles. The zero-order valence-electron chi connectivity index (χ0n) is 15.9. The second-order valence-electron chi connectivity index (χ2n) is 8.15. The summed E-state index contributed by atoms with van der Waals surface area (Å²) in [6.45, 7) is 0. The number of nitrogens with zero attached hydrogens (tertiary/aromatic N) is 2. The summed E-state index contributed by atoms with van der Waals surface area (Å²) >= 11 is 0. The van der Waals surface area contributed by atoms with E-state index in [1.807, 2.05) is 37.4 Å². The van der Waals surface area contributed by atoms with E-state index in [2.05, 4.69) is 17.3 Å². The van der Waals surface area contributed by atoms with Crippen molar-refractivity contribution in [1.82, 2.24) is 9.80 Å². The van der Waals surface area contributed by atoms with E-state index in [1.165, 1.54) is 6.42 Å². The number of imide groups is 1. The molecule has 0 spiro atoms. The molecule has 5 rings (SSSR count). The van der Waals surface area contributed by atoms with E-state index in [9.17, 15) is 9.59 Å². The molecule has 27 heavy (non-hydrogen) atoms. The number of carbonyl (C=O) groups is 2. The average Bonchev–Trinajstić information content (AvgIpc) is 2.66. The van der Waals surface area contributed by atoms with Crippen LogP contribution >= 0.6 is 0 Å². The van der Waals surface area contributed by atoms with Crippen LogP contribution in [0.25, 0.3) is 10.8 Å². The summed E-state index contributed by atoms with van der Waals surface area (Å²) in [5.74, 6) is -0.252. The Morgan fingerprint density at radius 1 is 0.926 bits per heavy atom. The summed E-state index contributed by atoms with van der Waals surface area (Å²) in [6, 6.07) is 10.5. The first-order chi connectivity index (χ1) is 13.1. The molecule has 2 aromatic carbocycles. The minimum absolute atomic E-state index is 0.00360. The SMILES string of the molecule is CNc1ccc2c3c(cccc13)C(=O)N(C1C[C@H]3CCC[C@@H](C1)N3C)C2=O. The molecule has 3 aliphatic rings. The number of piperidine rings is 2. The Morgan fingerprint density at radius 3 is 2.26 bits per heavy atom. The minimum Gasteiger partial charge on any atom is -0.388 e. The Morgan fingerprint density at radius 2 is 1.59 bits per heavy atom. The van der Waals surface area contributed by atoms with Crippen LogP contribution in [0.3, 0.4) is 0 Å². The van der Waals surface area contributed by atoms with E-state index in [-0.39, 0.29) is 17.9 Å². The lowest BCUT2D eigenvalue weighted by Gasteiger charge is -2.49. The van der Waals surface area contributed by atoms with E-state index in [1.54, 1.807) is 4.90 Å². The zero-order chi connectivity index (χ0) is 18.7. The summed E-state index contributed by atoms with van der Waals surface area (Å²) in [5, 5.41) is 4.90. The van der Waals surface area contributed by atoms with Crippen molar-refractivity contribution >= 4 is 28.3 Å². The van der Waals surface area contributed by atoms with E-state index in [0.717, 1.165) is 42.1 Å². The highest BCUT2D eigenvalue weighted by atomic mass is 16.2. The number of rotatable bonds is 2. The van der Waals surface area contributed by atoms with Crippen LogP contribution < -0.4 is 5.32 Å². The van der Waals surface area contributed by atoms with Crippen molar-refractivity contribution in [3.8, 4) is 0 Å². The molecule has 2 aromatic rings. The molecule has 1 N–H and O–H groups in total. The molecule has 2 saturated heterocycles. The summed E-state index contributed by atoms with van der Waals surface area (Å²) < 4.78 is 0. The average molecular weight is 363 g/mol. The van der Waals surface area contributed by atoms with E-state index in [4.69, 9.17) is 0 Å². The zero-order valence-corrected chi connectivity index (χ0v) is 15.9. The van der Waals surface area contributed by atoms with Gasteiger partial charge in [0.25, 0.3) is 11.8 Å². The van der Waals surface area contributed by atoms with Crippen LogP contribution in [0.5, 0.6) is 0 Å². The highest BCUT2D eigenvalue weighted by molar-refractivity contribution is 6.26. The van der Waals surface area contributed by atoms with Crippen molar-refractivity contribution in [2.45, 2.75) is 50.2 Å². The lowest BCUT2D eigenvalue weighted by atomic mass is 9.80. The van der Waals surface area contributed by atoms with Crippen LogP contribution in [0.15, 0.2) is 30.3 Å². The predicted molar refractivity (Wildman–Crippen MR) is 106 cm³/mol. The highest BCUT2D eigenvalue weighted by Crippen LogP contribution is 2.39. The molecule has 5 nitrogen and oxygen atoms in total. The van der Waals surface area contributed by atoms with Gasteiger partial charge in [0, 0.05) is 52.8 Å². The largest absolute Gasteiger partial charge is 0.388 e. The number of nitrogens with one attached hydrogen (secondary N) is 1. The third-order valence-corrected chi connectivity index (χ3v) is 6.89. The first kappa shape index (κ1) is 16.8. The molecule has 2 amide bonds. The number of carbonyl (C=O) groups excluding carboxylic acids is 2. The third kappa shape index (κ3) is 2.34. The Balaban J connectivity index is 1.59. The minimum atomic E-state index is -0.126. The third-order valence-electron chi connectivity index (χ3n) is 6.89. The van der Waals surface area contributed by atoms with E-state index >= 15 is 0 Å². The van der Waals surface area contributed by atoms with Crippen LogP contribution in [0, 0.1) is 0 Å². The monoisotopic (exact) mass is 363 g/mol. The molecule has 3 atom stereocenters. The molecule has 2 fully saturated rings. The topological polar surface area (TPSA) is 52.7 Å². The molecule has 3 heterocycles. The molecule has 1 unspecified atom stereocenters. The van der Waals surface area contributed by atoms with Crippen LogP contribution in [-0.2, 0) is 0 Å². The van der Waals surface area contributed by atoms with Crippen LogP contribution in [-0.4, -0.2) is 53.8 Å². The van der Waals surface area contributed by atoms with E-state index in [0.29, 0.717) is 23.2 Å². The lowest BCUT2D eigenvalue weighted by Crippen LogP contribution is -2.58. The van der Waals surface area contributed by atoms with Gasteiger partial charge in [-0.1, -0.05) is 18.6 Å². The first-order valence-electron chi connectivity index (χ1n) is 9.93. The molecule has 2 bridgehead atoms. The van der Waals surface area contributed by atoms with Crippen molar-refractivity contribution in [3.63, 3.8) is 0 Å². The fourth-order valence-electron chi connectivity index (χ4n) is 5.46. The van der Waals surface area contributed by atoms with Gasteiger partial charge >= 0.3 is 0 Å². The second kappa shape index (κ2) is 6.06. The number of fused-ring (bicyclic) bond motifs is 2. The van der Waals surface area contributed by atoms with Gasteiger partial charge in [0.05, 0.1) is 0 Å². The van der Waals surface area contributed by atoms with Gasteiger partial charge in [0.1, 0.15) is 0 Å². The highest BCUT2D eigenvalue weighted by Gasteiger charge is 2.44. The molecule has 0 saturated carbocycles. The maximum Gasteiger partial charge on any atom is 0.261 e. The van der Waals surface area contributed by atoms with Gasteiger partial charge in [0.2, 0.25) is 0 Å². The fraction of sp³-hybridized carbons (Fsp3) is 0.455. The fourth-order valence-corrected chi connectivity index (χ4v) is 5.46. The van der Waals surface area contributed by atoms with Gasteiger partial charge in [-0.25, -0.2) is 0 Å². The Kier molecular flexibility index (Phi) is 3.76. The number of amides is 2. The van der Waals surface area contributed by atoms with E-state index < -0.39 is 0 Å². The van der Waals surface area contributed by atoms with Gasteiger partial charge < -0.3 is 10.2 Å². The quantitative estimate of drug-likeness (QED) is 0.830. The molecule has 0 radical (unpaired) electrons. The van der Waals surface area contributed by atoms with Crippen molar-refractivity contribution in [2.75, 3.05) is 19.4 Å². The normalized spacial score (nSPS) is 27.9. The maximum absolute atomic E-state index is 13.4. The molecule has 140 valence electrons. The molecule has 5 heteroatoms. The maximum atomic E-state index is 13.4. The second-order valence-corrected chi connectivity index (χ2v) is 8.15. The molecule has 0 aliphatic carbocycles. The molecule has 0 aromatic heterocycles. The summed E-state index contributed by atoms with van der Waals surface area (Å²) in [7, 11) is 4.06. The van der Waals surface area contributed by atoms with Gasteiger partial charge in [0.15, 0.2) is 0 Å². The summed E-state index contributed by atoms with van der Waals surface area (Å²) in [5.41, 5.74) is 2.25. The first-order valence-corrected chi connectivity index (χ1v) is 9.93. The van der Waals surface area contributed by atoms with Crippen molar-refractivity contribution < 1.29 is 9.59 Å². The Labute approximate surface area is 159 Å². The predicted octanol–water partition coefficient (Wildman–Crippen LogP) is 3.49. The van der Waals surface area contributed by atoms with Crippen LogP contribution in [0.4, 0.5) is 5.69 Å². The van der Waals surface area contributed by atoms with Crippen molar-refractivity contribution in [1.29, 1.82) is 0 Å². The Bertz CT molecular complexity index is 918. The summed E-state index contributed by atoms with van der Waals surface area (Å²) in [4.78, 5) is 30.8. The summed E-state index contributed by atoms with van der Waals surface area (Å²) in [6.07, 6.45) is 5.37. The molecular weight excluding hydrogens is 338 g/mol. The smallest absolute Gasteiger partial charge is 0.261 e. The van der Waals surface area contributed by atoms with Crippen LogP contribution in [0.1, 0.15) is 52.8 Å². The lowest BCUT2D eigenvalue weighted by molar-refractivity contribution is 0.0108. The molecular formula is C22H25N3O2. The number of anilines is 1. The van der Waals surface area contributed by atoms with Crippen molar-refractivity contribution in [2.24, 2.45) is 0 Å². The number of benzene rings is 2.